The molecule has 1 saturated carbocycles. The molecule has 0 heterocycles. The Morgan fingerprint density at radius 3 is 2.33 bits per heavy atom. The molecule has 0 aromatic heterocycles. The van der Waals surface area contributed by atoms with Gasteiger partial charge in [-0.2, -0.15) is 0 Å². The smallest absolute Gasteiger partial charge is 0.469 e. The van der Waals surface area contributed by atoms with E-state index in [-0.39, 0.29) is 0 Å². The molecule has 0 aliphatic heterocycles. The van der Waals surface area contributed by atoms with E-state index in [1.165, 1.54) is 0 Å². The van der Waals surface area contributed by atoms with E-state index >= 15 is 0 Å². The topological polar surface area (TPSA) is 165 Å². The Morgan fingerprint density at radius 1 is 1.33 bits per heavy atom. The van der Waals surface area contributed by atoms with Crippen molar-refractivity contribution in [3.8, 4) is 0 Å². The SMILES string of the molecule is O=C(O)[C@]1(O)C[C@@H](COP(=O)(O)O)[C@@H](O)[C@H](O)C1. The van der Waals surface area contributed by atoms with Gasteiger partial charge in [0.05, 0.1) is 18.8 Å². The quantitative estimate of drug-likeness (QED) is 0.322. The van der Waals surface area contributed by atoms with Gasteiger partial charge in [0.2, 0.25) is 0 Å². The number of hydrogen-bond donors (Lipinski definition) is 6. The monoisotopic (exact) mass is 286 g/mol. The standard InChI is InChI=1S/C8H15O9P/c9-5-2-8(13,7(11)12)1-4(6(5)10)3-17-18(14,15)16/h4-6,9-10,13H,1-3H2,(H,11,12)(H2,14,15,16)/t4-,5+,6+,8-/m0/s1. The Bertz CT molecular complexity index is 366. The van der Waals surface area contributed by atoms with Gasteiger partial charge in [0.25, 0.3) is 0 Å². The number of carboxylic acids is 1. The van der Waals surface area contributed by atoms with E-state index < -0.39 is 57.0 Å². The highest BCUT2D eigenvalue weighted by molar-refractivity contribution is 7.46. The lowest BCUT2D eigenvalue weighted by Gasteiger charge is -2.39. The summed E-state index contributed by atoms with van der Waals surface area (Å²) in [6.45, 7) is -0.669. The van der Waals surface area contributed by atoms with Crippen molar-refractivity contribution in [2.24, 2.45) is 5.92 Å². The normalized spacial score (nSPS) is 37.5. The summed E-state index contributed by atoms with van der Waals surface area (Å²) in [7, 11) is -4.77. The number of aliphatic hydroxyl groups excluding tert-OH is 2. The Labute approximate surface area is 102 Å². The van der Waals surface area contributed by atoms with Crippen LogP contribution >= 0.6 is 7.82 Å². The summed E-state index contributed by atoms with van der Waals surface area (Å²) in [6, 6.07) is 0. The highest BCUT2D eigenvalue weighted by Gasteiger charge is 2.49. The van der Waals surface area contributed by atoms with Crippen LogP contribution in [0.1, 0.15) is 12.8 Å². The Morgan fingerprint density at radius 2 is 1.89 bits per heavy atom. The second kappa shape index (κ2) is 5.22. The van der Waals surface area contributed by atoms with Crippen LogP contribution in [0.5, 0.6) is 0 Å². The molecule has 1 aliphatic carbocycles. The Kier molecular flexibility index (Phi) is 4.50. The number of aliphatic hydroxyl groups is 3. The van der Waals surface area contributed by atoms with E-state index in [9.17, 15) is 24.7 Å². The average molecular weight is 286 g/mol. The molecule has 0 unspecified atom stereocenters. The molecule has 1 fully saturated rings. The summed E-state index contributed by atoms with van der Waals surface area (Å²) in [5.41, 5.74) is -2.25. The van der Waals surface area contributed by atoms with E-state index in [1.54, 1.807) is 0 Å². The first kappa shape index (κ1) is 15.5. The zero-order chi connectivity index (χ0) is 14.1. The molecule has 18 heavy (non-hydrogen) atoms. The van der Waals surface area contributed by atoms with Crippen LogP contribution in [0.3, 0.4) is 0 Å². The summed E-state index contributed by atoms with van der Waals surface area (Å²) in [6.07, 6.45) is -3.96. The van der Waals surface area contributed by atoms with E-state index in [1.807, 2.05) is 0 Å². The van der Waals surface area contributed by atoms with Crippen LogP contribution in [0.15, 0.2) is 0 Å². The second-order valence-electron chi connectivity index (χ2n) is 4.35. The molecule has 0 aromatic carbocycles. The van der Waals surface area contributed by atoms with Gasteiger partial charge in [0.15, 0.2) is 5.60 Å². The van der Waals surface area contributed by atoms with Gasteiger partial charge >= 0.3 is 13.8 Å². The molecule has 0 amide bonds. The number of carbonyl (C=O) groups is 1. The van der Waals surface area contributed by atoms with E-state index in [0.717, 1.165) is 0 Å². The van der Waals surface area contributed by atoms with E-state index in [4.69, 9.17) is 14.9 Å². The number of rotatable bonds is 4. The molecule has 6 N–H and O–H groups in total. The maximum Gasteiger partial charge on any atom is 0.469 e. The minimum absolute atomic E-state index is 0.472. The largest absolute Gasteiger partial charge is 0.479 e. The fraction of sp³-hybridized carbons (Fsp3) is 0.875. The molecule has 1 aliphatic rings. The molecule has 0 spiro atoms. The molecular weight excluding hydrogens is 271 g/mol. The third-order valence-electron chi connectivity index (χ3n) is 2.88. The van der Waals surface area contributed by atoms with Gasteiger partial charge in [-0.25, -0.2) is 9.36 Å². The van der Waals surface area contributed by atoms with Crippen LogP contribution in [-0.4, -0.2) is 60.6 Å². The predicted octanol–water partition coefficient (Wildman–Crippen LogP) is -1.96. The summed E-state index contributed by atoms with van der Waals surface area (Å²) in [5.74, 6) is -2.67. The lowest BCUT2D eigenvalue weighted by Crippen LogP contribution is -2.54. The Hall–Kier alpha value is -0.540. The maximum absolute atomic E-state index is 10.8. The molecule has 10 heteroatoms. The van der Waals surface area contributed by atoms with Gasteiger partial charge in [-0.1, -0.05) is 0 Å². The number of phosphoric ester groups is 1. The minimum Gasteiger partial charge on any atom is -0.479 e. The zero-order valence-electron chi connectivity index (χ0n) is 9.21. The second-order valence-corrected chi connectivity index (χ2v) is 5.59. The summed E-state index contributed by atoms with van der Waals surface area (Å²) in [4.78, 5) is 27.8. The molecule has 9 nitrogen and oxygen atoms in total. The number of carboxylic acid groups (broad SMARTS) is 1. The maximum atomic E-state index is 10.8. The molecule has 0 bridgehead atoms. The van der Waals surface area contributed by atoms with Gasteiger partial charge in [-0.15, -0.1) is 0 Å². The summed E-state index contributed by atoms with van der Waals surface area (Å²) >= 11 is 0. The van der Waals surface area contributed by atoms with Crippen molar-refractivity contribution in [2.75, 3.05) is 6.61 Å². The van der Waals surface area contributed by atoms with Crippen molar-refractivity contribution in [1.82, 2.24) is 0 Å². The lowest BCUT2D eigenvalue weighted by atomic mass is 9.75. The molecule has 0 aromatic rings. The zero-order valence-corrected chi connectivity index (χ0v) is 10.1. The minimum atomic E-state index is -4.77. The molecule has 1 rings (SSSR count). The fourth-order valence-electron chi connectivity index (χ4n) is 1.94. The van der Waals surface area contributed by atoms with Crippen molar-refractivity contribution in [3.05, 3.63) is 0 Å². The predicted molar refractivity (Wildman–Crippen MR) is 55.3 cm³/mol. The Balaban J connectivity index is 2.76. The van der Waals surface area contributed by atoms with Crippen LogP contribution in [0.4, 0.5) is 0 Å². The van der Waals surface area contributed by atoms with Crippen molar-refractivity contribution in [1.29, 1.82) is 0 Å². The number of phosphoric acid groups is 1. The molecule has 4 atom stereocenters. The average Bonchev–Trinajstić information content (AvgIpc) is 2.20. The summed E-state index contributed by atoms with van der Waals surface area (Å²) in [5, 5.41) is 37.5. The third-order valence-corrected chi connectivity index (χ3v) is 3.36. The van der Waals surface area contributed by atoms with Gasteiger partial charge in [0, 0.05) is 12.3 Å². The van der Waals surface area contributed by atoms with Crippen molar-refractivity contribution in [2.45, 2.75) is 30.7 Å². The van der Waals surface area contributed by atoms with Crippen LogP contribution in [0.25, 0.3) is 0 Å². The molecule has 0 radical (unpaired) electrons. The van der Waals surface area contributed by atoms with Crippen LogP contribution in [0.2, 0.25) is 0 Å². The highest BCUT2D eigenvalue weighted by atomic mass is 31.2. The first-order valence-electron chi connectivity index (χ1n) is 5.07. The molecule has 106 valence electrons. The van der Waals surface area contributed by atoms with Crippen LogP contribution < -0.4 is 0 Å². The molecular formula is C8H15O9P. The molecule has 0 saturated heterocycles. The van der Waals surface area contributed by atoms with Crippen molar-refractivity contribution in [3.63, 3.8) is 0 Å². The first-order chi connectivity index (χ1) is 8.05. The first-order valence-corrected chi connectivity index (χ1v) is 6.60. The van der Waals surface area contributed by atoms with Gasteiger partial charge < -0.3 is 30.2 Å². The third kappa shape index (κ3) is 3.72. The highest BCUT2D eigenvalue weighted by Crippen LogP contribution is 2.40. The van der Waals surface area contributed by atoms with Crippen molar-refractivity contribution < 1.29 is 44.1 Å². The fourth-order valence-corrected chi connectivity index (χ4v) is 2.33. The van der Waals surface area contributed by atoms with E-state index in [2.05, 4.69) is 4.52 Å². The van der Waals surface area contributed by atoms with Gasteiger partial charge in [-0.05, 0) is 6.42 Å². The van der Waals surface area contributed by atoms with Crippen molar-refractivity contribution >= 4 is 13.8 Å². The number of hydrogen-bond acceptors (Lipinski definition) is 6. The summed E-state index contributed by atoms with van der Waals surface area (Å²) < 4.78 is 14.7. The van der Waals surface area contributed by atoms with Crippen LogP contribution in [0, 0.1) is 5.92 Å². The number of aliphatic carboxylic acids is 1. The van der Waals surface area contributed by atoms with Gasteiger partial charge in [0.1, 0.15) is 0 Å². The van der Waals surface area contributed by atoms with Gasteiger partial charge in [-0.3, -0.25) is 4.52 Å². The lowest BCUT2D eigenvalue weighted by molar-refractivity contribution is -0.180. The van der Waals surface area contributed by atoms with E-state index in [0.29, 0.717) is 0 Å². The van der Waals surface area contributed by atoms with Crippen LogP contribution in [-0.2, 0) is 13.9 Å².